The minimum absolute atomic E-state index is 0.211. The molecule has 3 heteroatoms. The van der Waals surface area contributed by atoms with Crippen LogP contribution in [0.2, 0.25) is 0 Å². The summed E-state index contributed by atoms with van der Waals surface area (Å²) in [7, 11) is 0. The Morgan fingerprint density at radius 3 is 2.75 bits per heavy atom. The maximum Gasteiger partial charge on any atom is 0.126 e. The molecule has 0 radical (unpaired) electrons. The number of benzene rings is 1. The second-order valence-electron chi connectivity index (χ2n) is 4.27. The van der Waals surface area contributed by atoms with Gasteiger partial charge in [0.2, 0.25) is 0 Å². The Morgan fingerprint density at radius 1 is 1.44 bits per heavy atom. The summed E-state index contributed by atoms with van der Waals surface area (Å²) in [4.78, 5) is 0. The number of hydrogen-bond donors (Lipinski definition) is 1. The van der Waals surface area contributed by atoms with Crippen LogP contribution in [0.5, 0.6) is 0 Å². The largest absolute Gasteiger partial charge is 0.393 e. The normalized spacial score (nSPS) is 14.8. The third-order valence-electron chi connectivity index (χ3n) is 2.84. The maximum absolute atomic E-state index is 13.4. The molecule has 1 nitrogen and oxygen atoms in total. The van der Waals surface area contributed by atoms with Crippen molar-refractivity contribution in [1.29, 1.82) is 0 Å². The van der Waals surface area contributed by atoms with Crippen molar-refractivity contribution < 1.29 is 9.50 Å². The maximum atomic E-state index is 13.4. The van der Waals surface area contributed by atoms with E-state index in [-0.39, 0.29) is 11.7 Å². The molecule has 0 aliphatic carbocycles. The lowest BCUT2D eigenvalue weighted by molar-refractivity contribution is 0.111. The zero-order chi connectivity index (χ0) is 12.1. The van der Waals surface area contributed by atoms with E-state index in [0.29, 0.717) is 12.0 Å². The molecule has 1 N–H and O–H groups in total. The van der Waals surface area contributed by atoms with Crippen LogP contribution in [0.25, 0.3) is 0 Å². The van der Waals surface area contributed by atoms with Crippen LogP contribution in [0, 0.1) is 11.7 Å². The van der Waals surface area contributed by atoms with Crippen LogP contribution >= 0.6 is 15.9 Å². The fourth-order valence-electron chi connectivity index (χ4n) is 1.77. The Labute approximate surface area is 105 Å². The quantitative estimate of drug-likeness (QED) is 0.870. The van der Waals surface area contributed by atoms with E-state index in [2.05, 4.69) is 22.9 Å². The fourth-order valence-corrected chi connectivity index (χ4v) is 2.18. The van der Waals surface area contributed by atoms with E-state index in [1.807, 2.05) is 6.92 Å². The molecule has 0 saturated carbocycles. The minimum atomic E-state index is -0.469. The van der Waals surface area contributed by atoms with Gasteiger partial charge in [-0.05, 0) is 36.1 Å². The van der Waals surface area contributed by atoms with Crippen LogP contribution in [0.3, 0.4) is 0 Å². The van der Waals surface area contributed by atoms with E-state index in [9.17, 15) is 9.50 Å². The number of rotatable bonds is 5. The molecule has 1 rings (SSSR count). The highest BCUT2D eigenvalue weighted by atomic mass is 79.9. The molecule has 0 heterocycles. The van der Waals surface area contributed by atoms with E-state index in [1.54, 1.807) is 12.1 Å². The van der Waals surface area contributed by atoms with E-state index in [4.69, 9.17) is 0 Å². The van der Waals surface area contributed by atoms with Crippen LogP contribution < -0.4 is 0 Å². The molecular weight excluding hydrogens is 271 g/mol. The highest BCUT2D eigenvalue weighted by molar-refractivity contribution is 9.10. The van der Waals surface area contributed by atoms with Gasteiger partial charge in [0, 0.05) is 10.9 Å². The van der Waals surface area contributed by atoms with Crippen molar-refractivity contribution in [1.82, 2.24) is 0 Å². The highest BCUT2D eigenvalue weighted by Gasteiger charge is 2.16. The van der Waals surface area contributed by atoms with Gasteiger partial charge in [0.15, 0.2) is 0 Å². The first-order valence-electron chi connectivity index (χ1n) is 5.66. The van der Waals surface area contributed by atoms with Crippen LogP contribution in [0.1, 0.15) is 32.3 Å². The molecule has 0 aliphatic heterocycles. The zero-order valence-corrected chi connectivity index (χ0v) is 11.3. The first-order valence-corrected chi connectivity index (χ1v) is 6.46. The molecule has 0 aliphatic rings. The third-order valence-corrected chi connectivity index (χ3v) is 3.33. The molecule has 0 saturated heterocycles. The predicted octanol–water partition coefficient (Wildman–Crippen LogP) is 3.93. The van der Waals surface area contributed by atoms with Crippen molar-refractivity contribution >= 4 is 15.9 Å². The van der Waals surface area contributed by atoms with E-state index in [1.165, 1.54) is 6.07 Å². The topological polar surface area (TPSA) is 20.2 Å². The number of aliphatic hydroxyl groups excluding tert-OH is 1. The lowest BCUT2D eigenvalue weighted by atomic mass is 9.94. The summed E-state index contributed by atoms with van der Waals surface area (Å²) in [6, 6.07) is 4.83. The standard InChI is InChI=1S/C13H18BrFO/c1-3-4-9(2)13(16)8-10-7-11(14)5-6-12(10)15/h5-7,9,13,16H,3-4,8H2,1-2H3. The predicted molar refractivity (Wildman–Crippen MR) is 67.9 cm³/mol. The number of halogens is 2. The van der Waals surface area contributed by atoms with E-state index < -0.39 is 6.10 Å². The van der Waals surface area contributed by atoms with Gasteiger partial charge in [-0.25, -0.2) is 4.39 Å². The summed E-state index contributed by atoms with van der Waals surface area (Å²) in [5, 5.41) is 9.94. The van der Waals surface area contributed by atoms with E-state index in [0.717, 1.165) is 17.3 Å². The van der Waals surface area contributed by atoms with Crippen molar-refractivity contribution in [3.8, 4) is 0 Å². The monoisotopic (exact) mass is 288 g/mol. The second kappa shape index (κ2) is 6.36. The highest BCUT2D eigenvalue weighted by Crippen LogP contribution is 2.20. The average molecular weight is 289 g/mol. The SMILES string of the molecule is CCCC(C)C(O)Cc1cc(Br)ccc1F. The van der Waals surface area contributed by atoms with Gasteiger partial charge in [0.1, 0.15) is 5.82 Å². The Hall–Kier alpha value is -0.410. The second-order valence-corrected chi connectivity index (χ2v) is 5.19. The first-order chi connectivity index (χ1) is 7.54. The first kappa shape index (κ1) is 13.7. The Balaban J connectivity index is 2.68. The lowest BCUT2D eigenvalue weighted by Crippen LogP contribution is -2.20. The summed E-state index contributed by atoms with van der Waals surface area (Å²) < 4.78 is 14.3. The molecule has 2 atom stereocenters. The van der Waals surface area contributed by atoms with Gasteiger partial charge in [-0.3, -0.25) is 0 Å². The fraction of sp³-hybridized carbons (Fsp3) is 0.538. The smallest absolute Gasteiger partial charge is 0.126 e. The van der Waals surface area contributed by atoms with Gasteiger partial charge in [0.05, 0.1) is 6.10 Å². The Bertz CT molecular complexity index is 341. The van der Waals surface area contributed by atoms with Crippen molar-refractivity contribution in [3.05, 3.63) is 34.1 Å². The molecule has 2 unspecified atom stereocenters. The Kier molecular flexibility index (Phi) is 5.42. The van der Waals surface area contributed by atoms with E-state index >= 15 is 0 Å². The molecular formula is C13H18BrFO. The van der Waals surface area contributed by atoms with Gasteiger partial charge < -0.3 is 5.11 Å². The molecule has 0 aromatic heterocycles. The van der Waals surface area contributed by atoms with Gasteiger partial charge in [0.25, 0.3) is 0 Å². The number of aliphatic hydroxyl groups is 1. The van der Waals surface area contributed by atoms with Gasteiger partial charge in [-0.2, -0.15) is 0 Å². The van der Waals surface area contributed by atoms with Crippen LogP contribution in [0.15, 0.2) is 22.7 Å². The lowest BCUT2D eigenvalue weighted by Gasteiger charge is -2.18. The summed E-state index contributed by atoms with van der Waals surface area (Å²) in [5.74, 6) is -0.0330. The molecule has 0 amide bonds. The summed E-state index contributed by atoms with van der Waals surface area (Å²) in [6.07, 6.45) is 1.92. The molecule has 0 fully saturated rings. The third kappa shape index (κ3) is 3.87. The number of hydrogen-bond acceptors (Lipinski definition) is 1. The summed E-state index contributed by atoms with van der Waals surface area (Å²) >= 11 is 3.31. The molecule has 16 heavy (non-hydrogen) atoms. The summed E-state index contributed by atoms with van der Waals surface area (Å²) in [6.45, 7) is 4.09. The van der Waals surface area contributed by atoms with Crippen LogP contribution in [-0.2, 0) is 6.42 Å². The molecule has 1 aromatic rings. The molecule has 0 spiro atoms. The van der Waals surface area contributed by atoms with Crippen molar-refractivity contribution in [2.45, 2.75) is 39.2 Å². The average Bonchev–Trinajstić information content (AvgIpc) is 2.23. The van der Waals surface area contributed by atoms with Gasteiger partial charge in [-0.1, -0.05) is 36.2 Å². The Morgan fingerprint density at radius 2 is 2.12 bits per heavy atom. The van der Waals surface area contributed by atoms with Crippen molar-refractivity contribution in [2.75, 3.05) is 0 Å². The van der Waals surface area contributed by atoms with Crippen molar-refractivity contribution in [3.63, 3.8) is 0 Å². The van der Waals surface area contributed by atoms with Gasteiger partial charge >= 0.3 is 0 Å². The van der Waals surface area contributed by atoms with Gasteiger partial charge in [-0.15, -0.1) is 0 Å². The van der Waals surface area contributed by atoms with Crippen LogP contribution in [-0.4, -0.2) is 11.2 Å². The minimum Gasteiger partial charge on any atom is -0.393 e. The molecule has 1 aromatic carbocycles. The summed E-state index contributed by atoms with van der Waals surface area (Å²) in [5.41, 5.74) is 0.574. The van der Waals surface area contributed by atoms with Crippen molar-refractivity contribution in [2.24, 2.45) is 5.92 Å². The zero-order valence-electron chi connectivity index (χ0n) is 9.71. The van der Waals surface area contributed by atoms with Crippen LogP contribution in [0.4, 0.5) is 4.39 Å². The molecule has 90 valence electrons. The molecule has 0 bridgehead atoms.